The Kier molecular flexibility index (Phi) is 5.94. The van der Waals surface area contributed by atoms with E-state index in [1.165, 1.54) is 33.5 Å². The lowest BCUT2D eigenvalue weighted by Gasteiger charge is -2.13. The Bertz CT molecular complexity index is 571. The van der Waals surface area contributed by atoms with Crippen LogP contribution in [-0.4, -0.2) is 33.5 Å². The Morgan fingerprint density at radius 2 is 1.68 bits per heavy atom. The van der Waals surface area contributed by atoms with Crippen molar-refractivity contribution in [3.63, 3.8) is 0 Å². The minimum absolute atomic E-state index is 0.300. The summed E-state index contributed by atoms with van der Waals surface area (Å²) in [6.07, 6.45) is -2.75. The molecule has 0 bridgehead atoms. The van der Waals surface area contributed by atoms with Crippen molar-refractivity contribution >= 4 is 6.08 Å². The van der Waals surface area contributed by atoms with Crippen LogP contribution in [0, 0.1) is 0 Å². The SMILES string of the molecule is COc1cc(C=CC(N=[N+]=[N-])C(F)(F)F)cc(OC)c1OC. The summed E-state index contributed by atoms with van der Waals surface area (Å²) in [7, 11) is 4.20. The average molecular weight is 317 g/mol. The number of azide groups is 1. The number of hydrogen-bond acceptors (Lipinski definition) is 4. The highest BCUT2D eigenvalue weighted by molar-refractivity contribution is 5.62. The van der Waals surface area contributed by atoms with Crippen molar-refractivity contribution in [2.24, 2.45) is 5.11 Å². The van der Waals surface area contributed by atoms with Crippen LogP contribution in [0.15, 0.2) is 23.3 Å². The van der Waals surface area contributed by atoms with E-state index in [2.05, 4.69) is 10.0 Å². The molecule has 0 amide bonds. The van der Waals surface area contributed by atoms with Gasteiger partial charge in [0.25, 0.3) is 0 Å². The molecule has 1 aromatic carbocycles. The number of halogens is 3. The quantitative estimate of drug-likeness (QED) is 0.452. The van der Waals surface area contributed by atoms with E-state index in [0.29, 0.717) is 22.8 Å². The van der Waals surface area contributed by atoms with Crippen molar-refractivity contribution in [2.45, 2.75) is 12.2 Å². The van der Waals surface area contributed by atoms with E-state index < -0.39 is 12.2 Å². The highest BCUT2D eigenvalue weighted by Crippen LogP contribution is 2.38. The minimum atomic E-state index is -4.66. The Labute approximate surface area is 124 Å². The van der Waals surface area contributed by atoms with E-state index in [9.17, 15) is 13.2 Å². The number of benzene rings is 1. The van der Waals surface area contributed by atoms with Gasteiger partial charge >= 0.3 is 6.18 Å². The number of ether oxygens (including phenoxy) is 3. The fourth-order valence-electron chi connectivity index (χ4n) is 1.67. The number of nitrogens with zero attached hydrogens (tertiary/aromatic N) is 3. The Balaban J connectivity index is 3.22. The third-order valence-electron chi connectivity index (χ3n) is 2.67. The zero-order valence-corrected chi connectivity index (χ0v) is 12.1. The van der Waals surface area contributed by atoms with Crippen LogP contribution in [0.3, 0.4) is 0 Å². The van der Waals surface area contributed by atoms with Crippen LogP contribution >= 0.6 is 0 Å². The van der Waals surface area contributed by atoms with Gasteiger partial charge < -0.3 is 14.2 Å². The van der Waals surface area contributed by atoms with Gasteiger partial charge in [-0.05, 0) is 23.2 Å². The Morgan fingerprint density at radius 3 is 2.05 bits per heavy atom. The molecule has 0 saturated heterocycles. The van der Waals surface area contributed by atoms with Gasteiger partial charge in [-0.2, -0.15) is 13.2 Å². The van der Waals surface area contributed by atoms with Gasteiger partial charge in [0.05, 0.1) is 21.3 Å². The maximum atomic E-state index is 12.6. The maximum Gasteiger partial charge on any atom is 0.400 e. The largest absolute Gasteiger partial charge is 0.493 e. The fraction of sp³-hybridized carbons (Fsp3) is 0.385. The van der Waals surface area contributed by atoms with Crippen LogP contribution in [-0.2, 0) is 0 Å². The first-order chi connectivity index (χ1) is 10.4. The third kappa shape index (κ3) is 4.23. The molecule has 0 saturated carbocycles. The first-order valence-electron chi connectivity index (χ1n) is 5.96. The average Bonchev–Trinajstić information content (AvgIpc) is 2.48. The molecule has 6 nitrogen and oxygen atoms in total. The molecule has 0 aliphatic heterocycles. The summed E-state index contributed by atoms with van der Waals surface area (Å²) in [6, 6.07) is 0.694. The van der Waals surface area contributed by atoms with Crippen molar-refractivity contribution in [1.29, 1.82) is 0 Å². The first kappa shape index (κ1) is 17.5. The van der Waals surface area contributed by atoms with E-state index >= 15 is 0 Å². The Hall–Kier alpha value is -2.54. The smallest absolute Gasteiger partial charge is 0.400 e. The molecule has 0 aliphatic carbocycles. The molecule has 22 heavy (non-hydrogen) atoms. The van der Waals surface area contributed by atoms with Crippen LogP contribution < -0.4 is 14.2 Å². The molecule has 1 rings (SSSR count). The molecule has 1 unspecified atom stereocenters. The molecule has 1 atom stereocenters. The lowest BCUT2D eigenvalue weighted by molar-refractivity contribution is -0.136. The van der Waals surface area contributed by atoms with E-state index in [-0.39, 0.29) is 0 Å². The molecule has 0 aromatic heterocycles. The predicted molar refractivity (Wildman–Crippen MR) is 74.1 cm³/mol. The van der Waals surface area contributed by atoms with Gasteiger partial charge in [0.2, 0.25) is 5.75 Å². The predicted octanol–water partition coefficient (Wildman–Crippen LogP) is 3.97. The molecule has 1 aromatic rings. The van der Waals surface area contributed by atoms with Crippen molar-refractivity contribution in [3.05, 3.63) is 34.2 Å². The lowest BCUT2D eigenvalue weighted by atomic mass is 10.1. The topological polar surface area (TPSA) is 76.5 Å². The van der Waals surface area contributed by atoms with Gasteiger partial charge in [-0.15, -0.1) is 0 Å². The van der Waals surface area contributed by atoms with Crippen molar-refractivity contribution in [1.82, 2.24) is 0 Å². The highest BCUT2D eigenvalue weighted by atomic mass is 19.4. The second-order valence-electron chi connectivity index (χ2n) is 4.01. The standard InChI is InChI=1S/C13H14F3N3O3/c1-20-9-6-8(7-10(21-2)12(9)22-3)4-5-11(18-19-17)13(14,15)16/h4-7,11H,1-3H3. The summed E-state index contributed by atoms with van der Waals surface area (Å²) >= 11 is 0. The number of hydrogen-bond donors (Lipinski definition) is 0. The summed E-state index contributed by atoms with van der Waals surface area (Å²) in [4.78, 5) is 2.19. The zero-order chi connectivity index (χ0) is 16.8. The van der Waals surface area contributed by atoms with Gasteiger partial charge in [0.1, 0.15) is 0 Å². The number of alkyl halides is 3. The van der Waals surface area contributed by atoms with Crippen LogP contribution in [0.1, 0.15) is 5.56 Å². The maximum absolute atomic E-state index is 12.6. The van der Waals surface area contributed by atoms with Gasteiger partial charge in [0.15, 0.2) is 17.5 Å². The highest BCUT2D eigenvalue weighted by Gasteiger charge is 2.37. The second kappa shape index (κ2) is 7.46. The molecule has 0 N–H and O–H groups in total. The zero-order valence-electron chi connectivity index (χ0n) is 12.1. The van der Waals surface area contributed by atoms with E-state index in [1.54, 1.807) is 0 Å². The van der Waals surface area contributed by atoms with Gasteiger partial charge in [-0.25, -0.2) is 0 Å². The monoisotopic (exact) mass is 317 g/mol. The molecule has 120 valence electrons. The van der Waals surface area contributed by atoms with E-state index in [0.717, 1.165) is 12.2 Å². The van der Waals surface area contributed by atoms with E-state index in [4.69, 9.17) is 19.7 Å². The van der Waals surface area contributed by atoms with Gasteiger partial charge in [-0.1, -0.05) is 17.3 Å². The van der Waals surface area contributed by atoms with Crippen LogP contribution in [0.5, 0.6) is 17.2 Å². The molecule has 0 aliphatic rings. The molecule has 9 heteroatoms. The molecule has 0 radical (unpaired) electrons. The summed E-state index contributed by atoms with van der Waals surface area (Å²) in [5, 5.41) is 2.71. The second-order valence-corrected chi connectivity index (χ2v) is 4.01. The molecular formula is C13H14F3N3O3. The van der Waals surface area contributed by atoms with E-state index in [1.807, 2.05) is 0 Å². The van der Waals surface area contributed by atoms with Crippen LogP contribution in [0.2, 0.25) is 0 Å². The van der Waals surface area contributed by atoms with Crippen molar-refractivity contribution in [3.8, 4) is 17.2 Å². The van der Waals surface area contributed by atoms with Gasteiger partial charge in [-0.3, -0.25) is 0 Å². The minimum Gasteiger partial charge on any atom is -0.493 e. The normalized spacial score (nSPS) is 12.6. The van der Waals surface area contributed by atoms with Crippen LogP contribution in [0.25, 0.3) is 16.5 Å². The summed E-state index contributed by atoms with van der Waals surface area (Å²) in [5.74, 6) is 0.923. The fourth-order valence-corrected chi connectivity index (χ4v) is 1.67. The van der Waals surface area contributed by atoms with Crippen molar-refractivity contribution < 1.29 is 27.4 Å². The summed E-state index contributed by atoms with van der Waals surface area (Å²) in [5.41, 5.74) is 8.57. The lowest BCUT2D eigenvalue weighted by Crippen LogP contribution is -2.24. The Morgan fingerprint density at radius 1 is 1.14 bits per heavy atom. The number of methoxy groups -OCH3 is 3. The molecule has 0 spiro atoms. The first-order valence-corrected chi connectivity index (χ1v) is 5.96. The third-order valence-corrected chi connectivity index (χ3v) is 2.67. The van der Waals surface area contributed by atoms with Crippen LogP contribution in [0.4, 0.5) is 13.2 Å². The summed E-state index contributed by atoms with van der Waals surface area (Å²) in [6.45, 7) is 0. The molecule has 0 fully saturated rings. The molecule has 0 heterocycles. The van der Waals surface area contributed by atoms with Gasteiger partial charge in [0, 0.05) is 4.91 Å². The summed E-state index contributed by atoms with van der Waals surface area (Å²) < 4.78 is 53.2. The number of rotatable bonds is 6. The molecular weight excluding hydrogens is 303 g/mol. The van der Waals surface area contributed by atoms with Crippen molar-refractivity contribution in [2.75, 3.05) is 21.3 Å².